The van der Waals surface area contributed by atoms with Gasteiger partial charge in [0.1, 0.15) is 0 Å². The first-order chi connectivity index (χ1) is 8.69. The molecule has 0 saturated carbocycles. The molecule has 1 aromatic carbocycles. The van der Waals surface area contributed by atoms with E-state index in [9.17, 15) is 5.11 Å². The number of rotatable bonds is 3. The van der Waals surface area contributed by atoms with Crippen LogP contribution in [0, 0.1) is 0 Å². The van der Waals surface area contributed by atoms with Crippen molar-refractivity contribution >= 4 is 11.6 Å². The molecule has 0 spiro atoms. The Morgan fingerprint density at radius 2 is 2.33 bits per heavy atom. The Labute approximate surface area is 113 Å². The number of aryl methyl sites for hydroxylation is 1. The Bertz CT molecular complexity index is 400. The van der Waals surface area contributed by atoms with Crippen LogP contribution in [0.2, 0.25) is 5.02 Å². The molecule has 1 heterocycles. The van der Waals surface area contributed by atoms with Gasteiger partial charge in [0.15, 0.2) is 11.5 Å². The average Bonchev–Trinajstić information content (AvgIpc) is 2.40. The highest BCUT2D eigenvalue weighted by Crippen LogP contribution is 2.43. The third-order valence-corrected chi connectivity index (χ3v) is 4.06. The molecule has 0 aliphatic carbocycles. The molecule has 2 N–H and O–H groups in total. The lowest BCUT2D eigenvalue weighted by molar-refractivity contribution is 0.362. The number of aromatic hydroxyl groups is 1. The highest BCUT2D eigenvalue weighted by Gasteiger charge is 2.25. The van der Waals surface area contributed by atoms with Crippen molar-refractivity contribution in [1.82, 2.24) is 5.32 Å². The molecule has 0 amide bonds. The maximum Gasteiger partial charge on any atom is 0.162 e. The summed E-state index contributed by atoms with van der Waals surface area (Å²) in [5.74, 6) is 0.997. The van der Waals surface area contributed by atoms with Gasteiger partial charge in [-0.05, 0) is 37.4 Å². The fourth-order valence-corrected chi connectivity index (χ4v) is 3.02. The van der Waals surface area contributed by atoms with Gasteiger partial charge in [0, 0.05) is 18.0 Å². The van der Waals surface area contributed by atoms with Crippen LogP contribution in [0.5, 0.6) is 11.5 Å². The van der Waals surface area contributed by atoms with Crippen molar-refractivity contribution in [1.29, 1.82) is 0 Å². The lowest BCUT2D eigenvalue weighted by atomic mass is 9.89. The Balaban J connectivity index is 2.48. The molecule has 1 atom stereocenters. The Morgan fingerprint density at radius 3 is 2.89 bits per heavy atom. The topological polar surface area (TPSA) is 41.5 Å². The zero-order valence-corrected chi connectivity index (χ0v) is 11.7. The van der Waals surface area contributed by atoms with Gasteiger partial charge in [0.05, 0.1) is 12.1 Å². The summed E-state index contributed by atoms with van der Waals surface area (Å²) in [4.78, 5) is 0. The van der Waals surface area contributed by atoms with Crippen LogP contribution in [0.25, 0.3) is 0 Å². The SMILES string of the molecule is CCc1cc(OC)c(O)c(C2CCCNC2)c1Cl. The van der Waals surface area contributed by atoms with E-state index in [2.05, 4.69) is 12.2 Å². The molecule has 1 aliphatic rings. The second-order valence-corrected chi connectivity index (χ2v) is 5.09. The molecule has 100 valence electrons. The van der Waals surface area contributed by atoms with Gasteiger partial charge in [-0.2, -0.15) is 0 Å². The average molecular weight is 270 g/mol. The van der Waals surface area contributed by atoms with Gasteiger partial charge in [-0.1, -0.05) is 18.5 Å². The molecule has 1 aromatic rings. The number of nitrogens with one attached hydrogen (secondary N) is 1. The van der Waals surface area contributed by atoms with E-state index in [0.29, 0.717) is 10.8 Å². The van der Waals surface area contributed by atoms with E-state index in [1.807, 2.05) is 6.07 Å². The standard InChI is InChI=1S/C14H20ClNO2/c1-3-9-7-11(18-2)14(17)12(13(9)15)10-5-4-6-16-8-10/h7,10,16-17H,3-6,8H2,1-2H3. The summed E-state index contributed by atoms with van der Waals surface area (Å²) in [5, 5.41) is 14.4. The van der Waals surface area contributed by atoms with Gasteiger partial charge in [-0.3, -0.25) is 0 Å². The van der Waals surface area contributed by atoms with Crippen LogP contribution >= 0.6 is 11.6 Å². The van der Waals surface area contributed by atoms with E-state index in [1.54, 1.807) is 7.11 Å². The Hall–Kier alpha value is -0.930. The number of benzene rings is 1. The van der Waals surface area contributed by atoms with Crippen LogP contribution in [-0.4, -0.2) is 25.3 Å². The number of ether oxygens (including phenoxy) is 1. The maximum absolute atomic E-state index is 10.3. The molecule has 2 rings (SSSR count). The fraction of sp³-hybridized carbons (Fsp3) is 0.571. The van der Waals surface area contributed by atoms with Crippen molar-refractivity contribution in [3.8, 4) is 11.5 Å². The van der Waals surface area contributed by atoms with Gasteiger partial charge in [0.25, 0.3) is 0 Å². The van der Waals surface area contributed by atoms with Crippen molar-refractivity contribution in [3.63, 3.8) is 0 Å². The van der Waals surface area contributed by atoms with Crippen LogP contribution in [0.4, 0.5) is 0 Å². The highest BCUT2D eigenvalue weighted by molar-refractivity contribution is 6.32. The quantitative estimate of drug-likeness (QED) is 0.886. The minimum atomic E-state index is 0.202. The van der Waals surface area contributed by atoms with E-state index in [4.69, 9.17) is 16.3 Å². The second kappa shape index (κ2) is 5.81. The first-order valence-electron chi connectivity index (χ1n) is 6.48. The molecule has 0 bridgehead atoms. The van der Waals surface area contributed by atoms with E-state index >= 15 is 0 Å². The van der Waals surface area contributed by atoms with E-state index in [-0.39, 0.29) is 11.7 Å². The van der Waals surface area contributed by atoms with Gasteiger partial charge in [-0.25, -0.2) is 0 Å². The van der Waals surface area contributed by atoms with Crippen molar-refractivity contribution in [3.05, 3.63) is 22.2 Å². The number of halogens is 1. The van der Waals surface area contributed by atoms with Gasteiger partial charge < -0.3 is 15.2 Å². The summed E-state index contributed by atoms with van der Waals surface area (Å²) >= 11 is 6.43. The second-order valence-electron chi connectivity index (χ2n) is 4.71. The zero-order chi connectivity index (χ0) is 13.1. The minimum Gasteiger partial charge on any atom is -0.504 e. The molecule has 0 aromatic heterocycles. The zero-order valence-electron chi connectivity index (χ0n) is 10.9. The predicted molar refractivity (Wildman–Crippen MR) is 73.9 cm³/mol. The van der Waals surface area contributed by atoms with E-state index in [1.165, 1.54) is 0 Å². The smallest absolute Gasteiger partial charge is 0.162 e. The molecule has 0 radical (unpaired) electrons. The molecule has 4 heteroatoms. The third kappa shape index (κ3) is 2.43. The van der Waals surface area contributed by atoms with Crippen LogP contribution in [0.1, 0.15) is 36.8 Å². The van der Waals surface area contributed by atoms with Gasteiger partial charge in [-0.15, -0.1) is 0 Å². The molecule has 18 heavy (non-hydrogen) atoms. The number of hydrogen-bond donors (Lipinski definition) is 2. The first kappa shape index (κ1) is 13.5. The Kier molecular flexibility index (Phi) is 4.36. The summed E-state index contributed by atoms with van der Waals surface area (Å²) in [6, 6.07) is 1.83. The fourth-order valence-electron chi connectivity index (χ4n) is 2.58. The molecular formula is C14H20ClNO2. The molecular weight excluding hydrogens is 250 g/mol. The van der Waals surface area contributed by atoms with Crippen molar-refractivity contribution in [2.75, 3.05) is 20.2 Å². The molecule has 1 unspecified atom stereocenters. The lowest BCUT2D eigenvalue weighted by Crippen LogP contribution is -2.28. The number of hydrogen-bond acceptors (Lipinski definition) is 3. The Morgan fingerprint density at radius 1 is 1.56 bits per heavy atom. The summed E-state index contributed by atoms with van der Waals surface area (Å²) in [6.07, 6.45) is 3.00. The largest absolute Gasteiger partial charge is 0.504 e. The number of phenols is 1. The number of methoxy groups -OCH3 is 1. The predicted octanol–water partition coefficient (Wildman–Crippen LogP) is 3.08. The van der Waals surface area contributed by atoms with Crippen LogP contribution in [0.15, 0.2) is 6.07 Å². The van der Waals surface area contributed by atoms with Gasteiger partial charge >= 0.3 is 0 Å². The van der Waals surface area contributed by atoms with Crippen LogP contribution in [-0.2, 0) is 6.42 Å². The normalized spacial score (nSPS) is 19.8. The number of phenolic OH excluding ortho intramolecular Hbond substituents is 1. The summed E-state index contributed by atoms with van der Waals surface area (Å²) in [5.41, 5.74) is 1.88. The molecule has 1 fully saturated rings. The van der Waals surface area contributed by atoms with E-state index < -0.39 is 0 Å². The first-order valence-corrected chi connectivity index (χ1v) is 6.85. The van der Waals surface area contributed by atoms with Crippen LogP contribution in [0.3, 0.4) is 0 Å². The van der Waals surface area contributed by atoms with Crippen LogP contribution < -0.4 is 10.1 Å². The highest BCUT2D eigenvalue weighted by atomic mass is 35.5. The minimum absolute atomic E-state index is 0.202. The molecule has 1 saturated heterocycles. The maximum atomic E-state index is 10.3. The number of piperidine rings is 1. The lowest BCUT2D eigenvalue weighted by Gasteiger charge is -2.26. The van der Waals surface area contributed by atoms with E-state index in [0.717, 1.165) is 43.5 Å². The summed E-state index contributed by atoms with van der Waals surface area (Å²) < 4.78 is 5.24. The van der Waals surface area contributed by atoms with Gasteiger partial charge in [0.2, 0.25) is 0 Å². The monoisotopic (exact) mass is 269 g/mol. The molecule has 1 aliphatic heterocycles. The third-order valence-electron chi connectivity index (χ3n) is 3.62. The van der Waals surface area contributed by atoms with Crippen molar-refractivity contribution in [2.24, 2.45) is 0 Å². The summed E-state index contributed by atoms with van der Waals surface area (Å²) in [7, 11) is 1.57. The van der Waals surface area contributed by atoms with Crippen molar-refractivity contribution in [2.45, 2.75) is 32.1 Å². The molecule has 3 nitrogen and oxygen atoms in total. The van der Waals surface area contributed by atoms with Crippen molar-refractivity contribution < 1.29 is 9.84 Å². The summed E-state index contributed by atoms with van der Waals surface area (Å²) in [6.45, 7) is 3.96.